The summed E-state index contributed by atoms with van der Waals surface area (Å²) in [6.07, 6.45) is 0.643. The van der Waals surface area contributed by atoms with Crippen LogP contribution in [0.15, 0.2) is 48.5 Å². The van der Waals surface area contributed by atoms with Crippen LogP contribution in [0.25, 0.3) is 0 Å². The second kappa shape index (κ2) is 5.30. The van der Waals surface area contributed by atoms with Crippen molar-refractivity contribution in [1.82, 2.24) is 0 Å². The molecule has 1 atom stereocenters. The summed E-state index contributed by atoms with van der Waals surface area (Å²) in [5.74, 6) is -0.423. The van der Waals surface area contributed by atoms with Crippen molar-refractivity contribution in [2.75, 3.05) is 0 Å². The average molecular weight is 250 g/mol. The molecule has 88 valence electrons. The van der Waals surface area contributed by atoms with Gasteiger partial charge in [-0.25, -0.2) is 4.39 Å². The highest BCUT2D eigenvalue weighted by Gasteiger charge is 2.13. The summed E-state index contributed by atoms with van der Waals surface area (Å²) >= 11 is 5.90. The van der Waals surface area contributed by atoms with Crippen LogP contribution in [0.3, 0.4) is 0 Å². The van der Waals surface area contributed by atoms with Crippen molar-refractivity contribution in [1.29, 1.82) is 0 Å². The zero-order valence-corrected chi connectivity index (χ0v) is 9.99. The van der Waals surface area contributed by atoms with E-state index in [0.29, 0.717) is 12.0 Å². The van der Waals surface area contributed by atoms with Crippen LogP contribution >= 0.6 is 11.6 Å². The molecule has 2 rings (SSSR count). The maximum Gasteiger partial charge on any atom is 0.142 e. The normalized spacial score (nSPS) is 12.4. The molecule has 1 unspecified atom stereocenters. The van der Waals surface area contributed by atoms with Gasteiger partial charge in [0.1, 0.15) is 5.82 Å². The second-order valence-corrected chi connectivity index (χ2v) is 4.32. The first-order chi connectivity index (χ1) is 8.18. The summed E-state index contributed by atoms with van der Waals surface area (Å²) in [5.41, 5.74) is 7.81. The van der Waals surface area contributed by atoms with E-state index in [1.54, 1.807) is 12.1 Å². The number of hydrogen-bond acceptors (Lipinski definition) is 1. The molecule has 0 saturated carbocycles. The zero-order valence-electron chi connectivity index (χ0n) is 9.24. The van der Waals surface area contributed by atoms with Crippen molar-refractivity contribution < 1.29 is 4.39 Å². The number of hydrogen-bond donors (Lipinski definition) is 1. The average Bonchev–Trinajstić information content (AvgIpc) is 2.34. The second-order valence-electron chi connectivity index (χ2n) is 3.94. The lowest BCUT2D eigenvalue weighted by atomic mass is 9.99. The van der Waals surface area contributed by atoms with Gasteiger partial charge in [0.05, 0.1) is 5.02 Å². The lowest BCUT2D eigenvalue weighted by molar-refractivity contribution is 0.619. The first-order valence-electron chi connectivity index (χ1n) is 5.42. The maximum atomic E-state index is 13.3. The number of halogens is 2. The van der Waals surface area contributed by atoms with E-state index in [9.17, 15) is 4.39 Å². The van der Waals surface area contributed by atoms with Crippen LogP contribution in [0.2, 0.25) is 5.02 Å². The van der Waals surface area contributed by atoms with Crippen molar-refractivity contribution in [3.63, 3.8) is 0 Å². The molecule has 0 saturated heterocycles. The monoisotopic (exact) mass is 249 g/mol. The van der Waals surface area contributed by atoms with Crippen molar-refractivity contribution in [2.24, 2.45) is 5.73 Å². The molecular formula is C14H13ClFN. The Labute approximate surface area is 105 Å². The highest BCUT2D eigenvalue weighted by Crippen LogP contribution is 2.26. The zero-order chi connectivity index (χ0) is 12.3. The fraction of sp³-hybridized carbons (Fsp3) is 0.143. The van der Waals surface area contributed by atoms with Gasteiger partial charge in [0.15, 0.2) is 0 Å². The van der Waals surface area contributed by atoms with Crippen LogP contribution < -0.4 is 5.73 Å². The summed E-state index contributed by atoms with van der Waals surface area (Å²) < 4.78 is 13.3. The van der Waals surface area contributed by atoms with Crippen LogP contribution in [-0.2, 0) is 6.42 Å². The van der Waals surface area contributed by atoms with Gasteiger partial charge in [-0.3, -0.25) is 0 Å². The lowest BCUT2D eigenvalue weighted by Gasteiger charge is -2.14. The first-order valence-corrected chi connectivity index (χ1v) is 5.79. The van der Waals surface area contributed by atoms with E-state index < -0.39 is 5.82 Å². The Morgan fingerprint density at radius 2 is 1.76 bits per heavy atom. The largest absolute Gasteiger partial charge is 0.324 e. The number of nitrogens with two attached hydrogens (primary N) is 1. The Hall–Kier alpha value is -1.38. The molecule has 2 N–H and O–H groups in total. The summed E-state index contributed by atoms with van der Waals surface area (Å²) in [5, 5.41) is 0.121. The molecule has 1 nitrogen and oxygen atoms in total. The van der Waals surface area contributed by atoms with Gasteiger partial charge in [-0.15, -0.1) is 0 Å². The minimum Gasteiger partial charge on any atom is -0.324 e. The molecule has 0 aliphatic rings. The van der Waals surface area contributed by atoms with Gasteiger partial charge in [-0.2, -0.15) is 0 Å². The third-order valence-corrected chi connectivity index (χ3v) is 3.08. The third-order valence-electron chi connectivity index (χ3n) is 2.68. The summed E-state index contributed by atoms with van der Waals surface area (Å²) in [6.45, 7) is 0. The Morgan fingerprint density at radius 1 is 1.06 bits per heavy atom. The van der Waals surface area contributed by atoms with Gasteiger partial charge < -0.3 is 5.73 Å². The molecule has 0 bridgehead atoms. The van der Waals surface area contributed by atoms with Crippen LogP contribution in [0, 0.1) is 5.82 Å². The molecule has 0 amide bonds. The van der Waals surface area contributed by atoms with Gasteiger partial charge in [-0.05, 0) is 23.6 Å². The molecule has 2 aromatic carbocycles. The van der Waals surface area contributed by atoms with Gasteiger partial charge in [0.25, 0.3) is 0 Å². The summed E-state index contributed by atoms with van der Waals surface area (Å²) in [6, 6.07) is 14.3. The predicted octanol–water partition coefficient (Wildman–Crippen LogP) is 3.72. The van der Waals surface area contributed by atoms with E-state index in [2.05, 4.69) is 0 Å². The van der Waals surface area contributed by atoms with Crippen molar-refractivity contribution >= 4 is 11.6 Å². The Kier molecular flexibility index (Phi) is 3.77. The molecule has 0 aliphatic carbocycles. The molecule has 3 heteroatoms. The third kappa shape index (κ3) is 2.84. The van der Waals surface area contributed by atoms with Crippen LogP contribution in [0.4, 0.5) is 4.39 Å². The number of rotatable bonds is 3. The van der Waals surface area contributed by atoms with E-state index in [1.165, 1.54) is 6.07 Å². The SMILES string of the molecule is NC(Cc1ccccc1)c1cccc(F)c1Cl. The van der Waals surface area contributed by atoms with E-state index in [0.717, 1.165) is 5.56 Å². The fourth-order valence-electron chi connectivity index (χ4n) is 1.78. The van der Waals surface area contributed by atoms with Crippen LogP contribution in [0.1, 0.15) is 17.2 Å². The van der Waals surface area contributed by atoms with Crippen molar-refractivity contribution in [2.45, 2.75) is 12.5 Å². The lowest BCUT2D eigenvalue weighted by Crippen LogP contribution is -2.14. The standard InChI is InChI=1S/C14H13ClFN/c15-14-11(7-4-8-12(14)16)13(17)9-10-5-2-1-3-6-10/h1-8,13H,9,17H2. The van der Waals surface area contributed by atoms with Gasteiger partial charge in [0, 0.05) is 6.04 Å². The molecular weight excluding hydrogens is 237 g/mol. The van der Waals surface area contributed by atoms with Gasteiger partial charge in [-0.1, -0.05) is 54.1 Å². The highest BCUT2D eigenvalue weighted by molar-refractivity contribution is 6.31. The molecule has 0 spiro atoms. The molecule has 0 aromatic heterocycles. The minimum atomic E-state index is -0.423. The molecule has 0 radical (unpaired) electrons. The van der Waals surface area contributed by atoms with Crippen LogP contribution in [-0.4, -0.2) is 0 Å². The molecule has 2 aromatic rings. The Morgan fingerprint density at radius 3 is 2.47 bits per heavy atom. The maximum absolute atomic E-state index is 13.3. The topological polar surface area (TPSA) is 26.0 Å². The van der Waals surface area contributed by atoms with Crippen molar-refractivity contribution in [3.8, 4) is 0 Å². The van der Waals surface area contributed by atoms with Crippen LogP contribution in [0.5, 0.6) is 0 Å². The first kappa shape index (κ1) is 12.1. The van der Waals surface area contributed by atoms with Crippen molar-refractivity contribution in [3.05, 3.63) is 70.5 Å². The molecule has 0 fully saturated rings. The summed E-state index contributed by atoms with van der Waals surface area (Å²) in [7, 11) is 0. The molecule has 17 heavy (non-hydrogen) atoms. The van der Waals surface area contributed by atoms with E-state index in [4.69, 9.17) is 17.3 Å². The quantitative estimate of drug-likeness (QED) is 0.882. The van der Waals surface area contributed by atoms with E-state index >= 15 is 0 Å². The summed E-state index contributed by atoms with van der Waals surface area (Å²) in [4.78, 5) is 0. The van der Waals surface area contributed by atoms with E-state index in [1.807, 2.05) is 30.3 Å². The Balaban J connectivity index is 2.20. The fourth-order valence-corrected chi connectivity index (χ4v) is 2.05. The minimum absolute atomic E-state index is 0.121. The highest BCUT2D eigenvalue weighted by atomic mass is 35.5. The smallest absolute Gasteiger partial charge is 0.142 e. The number of benzene rings is 2. The molecule has 0 heterocycles. The Bertz CT molecular complexity index is 499. The van der Waals surface area contributed by atoms with Gasteiger partial charge >= 0.3 is 0 Å². The van der Waals surface area contributed by atoms with Gasteiger partial charge in [0.2, 0.25) is 0 Å². The van der Waals surface area contributed by atoms with E-state index in [-0.39, 0.29) is 11.1 Å². The molecule has 0 aliphatic heterocycles. The predicted molar refractivity (Wildman–Crippen MR) is 68.5 cm³/mol.